The second kappa shape index (κ2) is 6.13. The van der Waals surface area contributed by atoms with Crippen LogP contribution in [0.25, 0.3) is 27.8 Å². The number of ether oxygens (including phenoxy) is 1. The first-order chi connectivity index (χ1) is 13.2. The topological polar surface area (TPSA) is 108 Å². The molecule has 1 aliphatic heterocycles. The van der Waals surface area contributed by atoms with Crippen molar-refractivity contribution in [2.75, 3.05) is 6.61 Å². The van der Waals surface area contributed by atoms with E-state index in [0.29, 0.717) is 34.3 Å². The predicted molar refractivity (Wildman–Crippen MR) is 98.0 cm³/mol. The smallest absolute Gasteiger partial charge is 0.266 e. The van der Waals surface area contributed by atoms with Gasteiger partial charge in [-0.1, -0.05) is 0 Å². The molecular formula is C18H16N6O3. The van der Waals surface area contributed by atoms with Crippen molar-refractivity contribution in [3.8, 4) is 5.95 Å². The van der Waals surface area contributed by atoms with Gasteiger partial charge < -0.3 is 9.30 Å². The van der Waals surface area contributed by atoms with Gasteiger partial charge in [0.2, 0.25) is 5.95 Å². The van der Waals surface area contributed by atoms with Crippen molar-refractivity contribution in [3.05, 3.63) is 57.6 Å². The Morgan fingerprint density at radius 3 is 2.70 bits per heavy atom. The third-order valence-electron chi connectivity index (χ3n) is 4.87. The highest BCUT2D eigenvalue weighted by molar-refractivity contribution is 5.91. The molecule has 1 saturated heterocycles. The summed E-state index contributed by atoms with van der Waals surface area (Å²) in [7, 11) is 0. The average Bonchev–Trinajstić information content (AvgIpc) is 3.38. The summed E-state index contributed by atoms with van der Waals surface area (Å²) in [4.78, 5) is 34.3. The van der Waals surface area contributed by atoms with Crippen LogP contribution in [0.4, 0.5) is 0 Å². The molecule has 5 heterocycles. The van der Waals surface area contributed by atoms with Gasteiger partial charge in [0.15, 0.2) is 0 Å². The maximum atomic E-state index is 12.9. The van der Waals surface area contributed by atoms with Gasteiger partial charge in [-0.2, -0.15) is 10.1 Å². The average molecular weight is 364 g/mol. The van der Waals surface area contributed by atoms with Crippen LogP contribution >= 0.6 is 0 Å². The Morgan fingerprint density at radius 1 is 1.15 bits per heavy atom. The second-order valence-corrected chi connectivity index (χ2v) is 6.56. The highest BCUT2D eigenvalue weighted by atomic mass is 16.5. The van der Waals surface area contributed by atoms with Crippen LogP contribution in [0.5, 0.6) is 0 Å². The van der Waals surface area contributed by atoms with E-state index >= 15 is 0 Å². The molecular weight excluding hydrogens is 348 g/mol. The minimum Gasteiger partial charge on any atom is -0.376 e. The summed E-state index contributed by atoms with van der Waals surface area (Å²) >= 11 is 0. The van der Waals surface area contributed by atoms with Gasteiger partial charge in [0, 0.05) is 19.0 Å². The fourth-order valence-electron chi connectivity index (χ4n) is 3.50. The van der Waals surface area contributed by atoms with E-state index in [1.807, 2.05) is 0 Å². The lowest BCUT2D eigenvalue weighted by atomic mass is 10.2. The Hall–Kier alpha value is -3.33. The lowest BCUT2D eigenvalue weighted by Crippen LogP contribution is -2.26. The summed E-state index contributed by atoms with van der Waals surface area (Å²) < 4.78 is 8.60. The van der Waals surface area contributed by atoms with Crippen molar-refractivity contribution in [1.29, 1.82) is 0 Å². The maximum absolute atomic E-state index is 12.9. The van der Waals surface area contributed by atoms with Crippen LogP contribution in [0.3, 0.4) is 0 Å². The molecule has 1 N–H and O–H groups in total. The van der Waals surface area contributed by atoms with E-state index in [1.165, 1.54) is 10.9 Å². The Bertz CT molecular complexity index is 1250. The molecule has 1 aliphatic rings. The van der Waals surface area contributed by atoms with Gasteiger partial charge in [-0.3, -0.25) is 14.2 Å². The number of aromatic nitrogens is 6. The minimum atomic E-state index is -0.312. The number of nitrogens with zero attached hydrogens (tertiary/aromatic N) is 5. The van der Waals surface area contributed by atoms with Crippen LogP contribution in [0.15, 0.2) is 46.5 Å². The molecule has 0 saturated carbocycles. The van der Waals surface area contributed by atoms with E-state index in [0.717, 1.165) is 19.4 Å². The van der Waals surface area contributed by atoms with Crippen LogP contribution < -0.4 is 11.1 Å². The van der Waals surface area contributed by atoms with E-state index in [4.69, 9.17) is 4.74 Å². The summed E-state index contributed by atoms with van der Waals surface area (Å²) in [6, 6.07) is 5.13. The Labute approximate surface area is 152 Å². The molecule has 0 aromatic carbocycles. The molecule has 0 radical (unpaired) electrons. The van der Waals surface area contributed by atoms with E-state index < -0.39 is 0 Å². The first-order valence-corrected chi connectivity index (χ1v) is 8.73. The van der Waals surface area contributed by atoms with Gasteiger partial charge in [-0.05, 0) is 31.0 Å². The molecule has 1 atom stereocenters. The van der Waals surface area contributed by atoms with Crippen LogP contribution in [-0.4, -0.2) is 42.0 Å². The number of hydrogen-bond donors (Lipinski definition) is 1. The zero-order chi connectivity index (χ0) is 18.4. The van der Waals surface area contributed by atoms with Crippen molar-refractivity contribution < 1.29 is 4.74 Å². The number of hydrogen-bond acceptors (Lipinski definition) is 6. The number of fused-ring (bicyclic) bond motifs is 2. The summed E-state index contributed by atoms with van der Waals surface area (Å²) in [5, 5.41) is 7.19. The Balaban J connectivity index is 1.69. The molecule has 5 rings (SSSR count). The van der Waals surface area contributed by atoms with E-state index in [-0.39, 0.29) is 17.2 Å². The van der Waals surface area contributed by atoms with Gasteiger partial charge >= 0.3 is 0 Å². The zero-order valence-electron chi connectivity index (χ0n) is 14.3. The first-order valence-electron chi connectivity index (χ1n) is 8.73. The summed E-state index contributed by atoms with van der Waals surface area (Å²) in [5.74, 6) is 0.311. The first kappa shape index (κ1) is 15.9. The van der Waals surface area contributed by atoms with Crippen LogP contribution in [0, 0.1) is 0 Å². The molecule has 0 bridgehead atoms. The largest absolute Gasteiger partial charge is 0.376 e. The number of aromatic amines is 1. The van der Waals surface area contributed by atoms with Crippen molar-refractivity contribution in [3.63, 3.8) is 0 Å². The third-order valence-corrected chi connectivity index (χ3v) is 4.87. The van der Waals surface area contributed by atoms with Gasteiger partial charge in [-0.15, -0.1) is 0 Å². The van der Waals surface area contributed by atoms with Crippen molar-refractivity contribution >= 4 is 21.8 Å². The maximum Gasteiger partial charge on any atom is 0.266 e. The molecule has 4 aromatic rings. The van der Waals surface area contributed by atoms with Crippen molar-refractivity contribution in [2.45, 2.75) is 25.5 Å². The molecule has 4 aromatic heterocycles. The molecule has 0 spiro atoms. The summed E-state index contributed by atoms with van der Waals surface area (Å²) in [6.07, 6.45) is 6.66. The molecule has 1 fully saturated rings. The SMILES string of the molecule is O=c1c2cc3c(=O)n(-c4ncn[nH]4)ccc3nc2ccn1C[C@@H]1CCCO1. The third kappa shape index (κ3) is 2.63. The number of H-pyrrole nitrogens is 1. The predicted octanol–water partition coefficient (Wildman–Crippen LogP) is 0.998. The monoisotopic (exact) mass is 364 g/mol. The van der Waals surface area contributed by atoms with Gasteiger partial charge in [0.05, 0.1) is 34.5 Å². The van der Waals surface area contributed by atoms with Gasteiger partial charge in [-0.25, -0.2) is 10.1 Å². The summed E-state index contributed by atoms with van der Waals surface area (Å²) in [6.45, 7) is 1.24. The van der Waals surface area contributed by atoms with Crippen molar-refractivity contribution in [2.24, 2.45) is 0 Å². The molecule has 0 aliphatic carbocycles. The van der Waals surface area contributed by atoms with Crippen LogP contribution in [0.1, 0.15) is 12.8 Å². The Kier molecular flexibility index (Phi) is 3.61. The summed E-state index contributed by atoms with van der Waals surface area (Å²) in [5.41, 5.74) is 0.604. The second-order valence-electron chi connectivity index (χ2n) is 6.56. The molecule has 136 valence electrons. The fourth-order valence-corrected chi connectivity index (χ4v) is 3.50. The molecule has 9 heteroatoms. The van der Waals surface area contributed by atoms with Gasteiger partial charge in [0.25, 0.3) is 11.1 Å². The molecule has 9 nitrogen and oxygen atoms in total. The number of rotatable bonds is 3. The number of nitrogens with one attached hydrogen (secondary N) is 1. The molecule has 0 unspecified atom stereocenters. The Morgan fingerprint density at radius 2 is 1.96 bits per heavy atom. The normalized spacial score (nSPS) is 17.1. The van der Waals surface area contributed by atoms with Crippen molar-refractivity contribution in [1.82, 2.24) is 29.3 Å². The van der Waals surface area contributed by atoms with E-state index in [1.54, 1.807) is 35.2 Å². The zero-order valence-corrected chi connectivity index (χ0v) is 14.3. The number of pyridine rings is 3. The highest BCUT2D eigenvalue weighted by Crippen LogP contribution is 2.17. The lowest BCUT2D eigenvalue weighted by molar-refractivity contribution is 0.0963. The minimum absolute atomic E-state index is 0.0530. The lowest BCUT2D eigenvalue weighted by Gasteiger charge is -2.12. The van der Waals surface area contributed by atoms with E-state index in [9.17, 15) is 9.59 Å². The quantitative estimate of drug-likeness (QED) is 0.543. The standard InChI is InChI=1S/C18H16N6O3/c25-16-12-8-13-15(4-6-24(17(13)26)18-19-10-20-22-18)21-14(12)3-5-23(16)9-11-2-1-7-27-11/h3-6,8,10-11H,1-2,7,9H2,(H,19,20,22)/t11-/m0/s1. The van der Waals surface area contributed by atoms with Gasteiger partial charge in [0.1, 0.15) is 6.33 Å². The van der Waals surface area contributed by atoms with Crippen LogP contribution in [-0.2, 0) is 11.3 Å². The molecule has 27 heavy (non-hydrogen) atoms. The van der Waals surface area contributed by atoms with E-state index in [2.05, 4.69) is 20.2 Å². The molecule has 0 amide bonds. The fraction of sp³-hybridized carbons (Fsp3) is 0.278. The highest BCUT2D eigenvalue weighted by Gasteiger charge is 2.17. The van der Waals surface area contributed by atoms with Crippen LogP contribution in [0.2, 0.25) is 0 Å².